The first-order valence-corrected chi connectivity index (χ1v) is 9.14. The van der Waals surface area contributed by atoms with Crippen LogP contribution in [0.1, 0.15) is 29.5 Å². The van der Waals surface area contributed by atoms with Crippen molar-refractivity contribution in [2.24, 2.45) is 0 Å². The van der Waals surface area contributed by atoms with E-state index in [9.17, 15) is 10.1 Å². The first-order chi connectivity index (χ1) is 13.5. The molecular formula is C21H23N3O4. The van der Waals surface area contributed by atoms with Crippen molar-refractivity contribution in [3.63, 3.8) is 0 Å². The minimum absolute atomic E-state index is 0.0996. The van der Waals surface area contributed by atoms with Gasteiger partial charge in [-0.1, -0.05) is 17.7 Å². The van der Waals surface area contributed by atoms with Crippen molar-refractivity contribution in [3.8, 4) is 11.8 Å². The van der Waals surface area contributed by atoms with Crippen molar-refractivity contribution in [1.82, 2.24) is 0 Å². The third kappa shape index (κ3) is 3.92. The normalized spacial score (nSPS) is 15.5. The van der Waals surface area contributed by atoms with Crippen molar-refractivity contribution in [3.05, 3.63) is 63.2 Å². The number of rotatable bonds is 6. The zero-order valence-corrected chi connectivity index (χ0v) is 16.0. The van der Waals surface area contributed by atoms with E-state index < -0.39 is 4.92 Å². The van der Waals surface area contributed by atoms with Gasteiger partial charge in [0.05, 0.1) is 23.7 Å². The summed E-state index contributed by atoms with van der Waals surface area (Å²) in [6.07, 6.45) is 1.56. The molecule has 1 N–H and O–H groups in total. The maximum absolute atomic E-state index is 11.5. The highest BCUT2D eigenvalue weighted by atomic mass is 16.6. The third-order valence-corrected chi connectivity index (χ3v) is 5.32. The number of benzene rings is 2. The summed E-state index contributed by atoms with van der Waals surface area (Å²) in [6, 6.07) is 12.5. The minimum atomic E-state index is -0.465. The van der Waals surface area contributed by atoms with Crippen molar-refractivity contribution >= 4 is 11.4 Å². The second-order valence-electron chi connectivity index (χ2n) is 7.05. The molecule has 0 unspecified atom stereocenters. The predicted molar refractivity (Wildman–Crippen MR) is 106 cm³/mol. The van der Waals surface area contributed by atoms with Gasteiger partial charge < -0.3 is 14.8 Å². The number of nitro benzene ring substituents is 1. The lowest BCUT2D eigenvalue weighted by Gasteiger charge is -2.39. The number of nitrogens with one attached hydrogen (secondary N) is 1. The first-order valence-electron chi connectivity index (χ1n) is 9.14. The van der Waals surface area contributed by atoms with Crippen molar-refractivity contribution in [2.45, 2.75) is 25.2 Å². The Balaban J connectivity index is 1.97. The minimum Gasteiger partial charge on any atom is -0.496 e. The number of hydrogen-bond acceptors (Lipinski definition) is 6. The SMILES string of the molecule is COc1ccc(C)cc1C1(CNc2ccc(C#N)cc2[N+](=O)[O-])CCOCC1. The molecule has 0 bridgehead atoms. The second-order valence-corrected chi connectivity index (χ2v) is 7.05. The Morgan fingerprint density at radius 3 is 2.68 bits per heavy atom. The van der Waals surface area contributed by atoms with Gasteiger partial charge >= 0.3 is 0 Å². The summed E-state index contributed by atoms with van der Waals surface area (Å²) in [5.41, 5.74) is 2.52. The number of hydrogen-bond donors (Lipinski definition) is 1. The summed E-state index contributed by atoms with van der Waals surface area (Å²) < 4.78 is 11.2. The number of methoxy groups -OCH3 is 1. The van der Waals surface area contributed by atoms with E-state index >= 15 is 0 Å². The fourth-order valence-corrected chi connectivity index (χ4v) is 3.71. The largest absolute Gasteiger partial charge is 0.496 e. The molecular weight excluding hydrogens is 358 g/mol. The standard InChI is InChI=1S/C21H23N3O4/c1-15-3-6-20(27-2)17(11-15)21(7-9-28-10-8-21)14-23-18-5-4-16(13-22)12-19(18)24(25)26/h3-6,11-12,23H,7-10,14H2,1-2H3. The molecule has 28 heavy (non-hydrogen) atoms. The van der Waals surface area contributed by atoms with Crippen LogP contribution in [0.5, 0.6) is 5.75 Å². The van der Waals surface area contributed by atoms with Gasteiger partial charge in [0.2, 0.25) is 0 Å². The number of anilines is 1. The predicted octanol–water partition coefficient (Wildman–Crippen LogP) is 3.94. The summed E-state index contributed by atoms with van der Waals surface area (Å²) in [6.45, 7) is 3.78. The number of ether oxygens (including phenoxy) is 2. The molecule has 2 aromatic carbocycles. The average molecular weight is 381 g/mol. The smallest absolute Gasteiger partial charge is 0.293 e. The highest BCUT2D eigenvalue weighted by molar-refractivity contribution is 5.64. The molecule has 1 fully saturated rings. The Kier molecular flexibility index (Phi) is 5.81. The van der Waals surface area contributed by atoms with Gasteiger partial charge in [0.15, 0.2) is 0 Å². The molecule has 0 radical (unpaired) electrons. The third-order valence-electron chi connectivity index (χ3n) is 5.32. The zero-order chi connectivity index (χ0) is 20.1. The first kappa shape index (κ1) is 19.6. The molecule has 0 aliphatic carbocycles. The van der Waals surface area contributed by atoms with Crippen LogP contribution in [0, 0.1) is 28.4 Å². The van der Waals surface area contributed by atoms with Gasteiger partial charge in [-0.15, -0.1) is 0 Å². The van der Waals surface area contributed by atoms with E-state index in [0.29, 0.717) is 25.4 Å². The summed E-state index contributed by atoms with van der Waals surface area (Å²) >= 11 is 0. The lowest BCUT2D eigenvalue weighted by Crippen LogP contribution is -2.40. The molecule has 0 amide bonds. The molecule has 1 aliphatic heterocycles. The maximum Gasteiger partial charge on any atom is 0.293 e. The van der Waals surface area contributed by atoms with E-state index in [0.717, 1.165) is 29.7 Å². The highest BCUT2D eigenvalue weighted by Crippen LogP contribution is 2.41. The molecule has 0 saturated carbocycles. The van der Waals surface area contributed by atoms with Crippen LogP contribution in [0.2, 0.25) is 0 Å². The lowest BCUT2D eigenvalue weighted by atomic mass is 9.73. The van der Waals surface area contributed by atoms with E-state index in [1.54, 1.807) is 19.2 Å². The molecule has 1 saturated heterocycles. The van der Waals surface area contributed by atoms with Crippen molar-refractivity contribution in [2.75, 3.05) is 32.2 Å². The summed E-state index contributed by atoms with van der Waals surface area (Å²) in [4.78, 5) is 11.0. The van der Waals surface area contributed by atoms with Crippen LogP contribution in [0.15, 0.2) is 36.4 Å². The Morgan fingerprint density at radius 1 is 1.29 bits per heavy atom. The van der Waals surface area contributed by atoms with Crippen LogP contribution in [-0.4, -0.2) is 31.8 Å². The van der Waals surface area contributed by atoms with Crippen LogP contribution < -0.4 is 10.1 Å². The Bertz CT molecular complexity index is 914. The second kappa shape index (κ2) is 8.28. The molecule has 0 aromatic heterocycles. The fraction of sp³-hybridized carbons (Fsp3) is 0.381. The molecule has 1 heterocycles. The van der Waals surface area contributed by atoms with Crippen LogP contribution >= 0.6 is 0 Å². The summed E-state index contributed by atoms with van der Waals surface area (Å²) in [7, 11) is 1.65. The van der Waals surface area contributed by atoms with Crippen LogP contribution in [0.4, 0.5) is 11.4 Å². The Hall–Kier alpha value is -3.11. The molecule has 3 rings (SSSR count). The number of aryl methyl sites for hydroxylation is 1. The lowest BCUT2D eigenvalue weighted by molar-refractivity contribution is -0.384. The topological polar surface area (TPSA) is 97.4 Å². The van der Waals surface area contributed by atoms with E-state index in [4.69, 9.17) is 14.7 Å². The van der Waals surface area contributed by atoms with Gasteiger partial charge in [-0.05, 0) is 38.0 Å². The average Bonchev–Trinajstić information content (AvgIpc) is 2.72. The Labute approximate surface area is 164 Å². The van der Waals surface area contributed by atoms with E-state index in [1.165, 1.54) is 6.07 Å². The quantitative estimate of drug-likeness (QED) is 0.601. The zero-order valence-electron chi connectivity index (χ0n) is 16.0. The van der Waals surface area contributed by atoms with Gasteiger partial charge in [-0.25, -0.2) is 0 Å². The van der Waals surface area contributed by atoms with Gasteiger partial charge in [-0.3, -0.25) is 10.1 Å². The molecule has 0 atom stereocenters. The number of nitrogens with zero attached hydrogens (tertiary/aromatic N) is 2. The van der Waals surface area contributed by atoms with Crippen molar-refractivity contribution < 1.29 is 14.4 Å². The van der Waals surface area contributed by atoms with Crippen LogP contribution in [0.25, 0.3) is 0 Å². The highest BCUT2D eigenvalue weighted by Gasteiger charge is 2.37. The number of nitriles is 1. The molecule has 0 spiro atoms. The van der Waals surface area contributed by atoms with E-state index in [2.05, 4.69) is 11.4 Å². The monoisotopic (exact) mass is 381 g/mol. The molecule has 7 nitrogen and oxygen atoms in total. The van der Waals surface area contributed by atoms with E-state index in [1.807, 2.05) is 25.1 Å². The van der Waals surface area contributed by atoms with Gasteiger partial charge in [0, 0.05) is 36.8 Å². The van der Waals surface area contributed by atoms with E-state index in [-0.39, 0.29) is 16.7 Å². The van der Waals surface area contributed by atoms with Gasteiger partial charge in [-0.2, -0.15) is 5.26 Å². The molecule has 146 valence electrons. The maximum atomic E-state index is 11.5. The molecule has 1 aliphatic rings. The molecule has 2 aromatic rings. The van der Waals surface area contributed by atoms with Gasteiger partial charge in [0.25, 0.3) is 5.69 Å². The summed E-state index contributed by atoms with van der Waals surface area (Å²) in [5, 5.41) is 23.7. The van der Waals surface area contributed by atoms with Crippen LogP contribution in [0.3, 0.4) is 0 Å². The van der Waals surface area contributed by atoms with Crippen molar-refractivity contribution in [1.29, 1.82) is 5.26 Å². The Morgan fingerprint density at radius 2 is 2.04 bits per heavy atom. The van der Waals surface area contributed by atoms with Gasteiger partial charge in [0.1, 0.15) is 11.4 Å². The van der Waals surface area contributed by atoms with Crippen LogP contribution in [-0.2, 0) is 10.2 Å². The number of nitro groups is 1. The molecule has 7 heteroatoms. The summed E-state index contributed by atoms with van der Waals surface area (Å²) in [5.74, 6) is 0.809. The fourth-order valence-electron chi connectivity index (χ4n) is 3.71.